The first-order valence-electron chi connectivity index (χ1n) is 9.88. The Bertz CT molecular complexity index is 818. The fraction of sp³-hybridized carbons (Fsp3) is 0.455. The molecule has 0 radical (unpaired) electrons. The van der Waals surface area contributed by atoms with Crippen LogP contribution < -0.4 is 10.2 Å². The van der Waals surface area contributed by atoms with E-state index in [1.165, 1.54) is 11.3 Å². The summed E-state index contributed by atoms with van der Waals surface area (Å²) in [6.07, 6.45) is 5.19. The molecule has 1 amide bonds. The first-order valence-corrected chi connectivity index (χ1v) is 9.88. The minimum absolute atomic E-state index is 0.0686. The number of aryl methyl sites for hydroxylation is 2. The molecule has 0 bridgehead atoms. The lowest BCUT2D eigenvalue weighted by Crippen LogP contribution is -2.24. The summed E-state index contributed by atoms with van der Waals surface area (Å²) in [6.45, 7) is 7.89. The first kappa shape index (κ1) is 20.1. The van der Waals surface area contributed by atoms with E-state index in [2.05, 4.69) is 41.9 Å². The van der Waals surface area contributed by atoms with E-state index in [1.54, 1.807) is 6.21 Å². The summed E-state index contributed by atoms with van der Waals surface area (Å²) in [5, 5.41) is 4.08. The predicted octanol–water partition coefficient (Wildman–Crippen LogP) is 3.38. The molecule has 6 heteroatoms. The number of aromatic nitrogens is 1. The van der Waals surface area contributed by atoms with Crippen molar-refractivity contribution in [3.05, 3.63) is 52.8 Å². The van der Waals surface area contributed by atoms with Gasteiger partial charge in [-0.25, -0.2) is 5.43 Å². The third kappa shape index (κ3) is 5.23. The van der Waals surface area contributed by atoms with Crippen LogP contribution >= 0.6 is 0 Å². The summed E-state index contributed by atoms with van der Waals surface area (Å²) in [5.41, 5.74) is 7.04. The van der Waals surface area contributed by atoms with Crippen LogP contribution in [-0.4, -0.2) is 36.0 Å². The molecule has 1 aromatic heterocycles. The zero-order chi connectivity index (χ0) is 19.9. The van der Waals surface area contributed by atoms with Crippen LogP contribution in [0.2, 0.25) is 0 Å². The van der Waals surface area contributed by atoms with Gasteiger partial charge in [-0.3, -0.25) is 4.79 Å². The summed E-state index contributed by atoms with van der Waals surface area (Å²) in [4.78, 5) is 11.9. The van der Waals surface area contributed by atoms with Crippen LogP contribution in [0.4, 0.5) is 0 Å². The van der Waals surface area contributed by atoms with Gasteiger partial charge >= 0.3 is 0 Å². The lowest BCUT2D eigenvalue weighted by atomic mass is 10.2. The van der Waals surface area contributed by atoms with Crippen molar-refractivity contribution in [3.8, 4) is 5.75 Å². The van der Waals surface area contributed by atoms with Crippen molar-refractivity contribution in [2.75, 3.05) is 13.2 Å². The summed E-state index contributed by atoms with van der Waals surface area (Å²) < 4.78 is 13.5. The number of carbonyl (C=O) groups is 1. The Kier molecular flexibility index (Phi) is 6.87. The van der Waals surface area contributed by atoms with E-state index in [4.69, 9.17) is 9.47 Å². The third-order valence-corrected chi connectivity index (χ3v) is 5.12. The van der Waals surface area contributed by atoms with E-state index in [1.807, 2.05) is 24.3 Å². The van der Waals surface area contributed by atoms with E-state index in [0.717, 1.165) is 43.7 Å². The zero-order valence-electron chi connectivity index (χ0n) is 16.9. The quantitative estimate of drug-likeness (QED) is 0.561. The molecule has 0 saturated carbocycles. The normalized spacial score (nSPS) is 16.6. The van der Waals surface area contributed by atoms with Gasteiger partial charge in [0.15, 0.2) is 6.61 Å². The minimum atomic E-state index is -0.288. The van der Waals surface area contributed by atoms with Gasteiger partial charge in [-0.1, -0.05) is 19.1 Å². The Balaban J connectivity index is 1.50. The molecule has 0 spiro atoms. The van der Waals surface area contributed by atoms with E-state index >= 15 is 0 Å². The summed E-state index contributed by atoms with van der Waals surface area (Å²) in [6, 6.07) is 9.82. The molecule has 1 N–H and O–H groups in total. The summed E-state index contributed by atoms with van der Waals surface area (Å²) >= 11 is 0. The van der Waals surface area contributed by atoms with Crippen LogP contribution in [0, 0.1) is 13.8 Å². The van der Waals surface area contributed by atoms with Gasteiger partial charge in [-0.05, 0) is 56.9 Å². The van der Waals surface area contributed by atoms with Crippen molar-refractivity contribution < 1.29 is 14.3 Å². The predicted molar refractivity (Wildman–Crippen MR) is 110 cm³/mol. The highest BCUT2D eigenvalue weighted by molar-refractivity contribution is 5.84. The van der Waals surface area contributed by atoms with Gasteiger partial charge in [0.1, 0.15) is 5.75 Å². The van der Waals surface area contributed by atoms with Gasteiger partial charge in [0.25, 0.3) is 5.91 Å². The number of nitrogens with zero attached hydrogens (tertiary/aromatic N) is 2. The molecule has 1 aliphatic rings. The van der Waals surface area contributed by atoms with Crippen LogP contribution in [0.1, 0.15) is 42.3 Å². The molecule has 1 saturated heterocycles. The van der Waals surface area contributed by atoms with E-state index < -0.39 is 0 Å². The molecule has 28 heavy (non-hydrogen) atoms. The van der Waals surface area contributed by atoms with Gasteiger partial charge in [0.05, 0.1) is 12.3 Å². The third-order valence-electron chi connectivity index (χ3n) is 5.12. The smallest absolute Gasteiger partial charge is 0.277 e. The fourth-order valence-corrected chi connectivity index (χ4v) is 3.41. The molecule has 1 fully saturated rings. The molecular weight excluding hydrogens is 354 g/mol. The highest BCUT2D eigenvalue weighted by Crippen LogP contribution is 2.19. The summed E-state index contributed by atoms with van der Waals surface area (Å²) in [5.74, 6) is 0.387. The van der Waals surface area contributed by atoms with Gasteiger partial charge in [0.2, 0.25) is 0 Å². The van der Waals surface area contributed by atoms with Crippen molar-refractivity contribution >= 4 is 12.1 Å². The molecule has 2 heterocycles. The molecular formula is C22H29N3O3. The maximum Gasteiger partial charge on any atom is 0.277 e. The van der Waals surface area contributed by atoms with Crippen LogP contribution in [-0.2, 0) is 22.5 Å². The molecule has 2 aromatic rings. The maximum absolute atomic E-state index is 11.9. The second-order valence-electron chi connectivity index (χ2n) is 7.15. The number of amides is 1. The molecule has 0 aliphatic carbocycles. The van der Waals surface area contributed by atoms with Crippen molar-refractivity contribution in [1.82, 2.24) is 9.99 Å². The lowest BCUT2D eigenvalue weighted by Gasteiger charge is -2.14. The van der Waals surface area contributed by atoms with Crippen molar-refractivity contribution in [2.24, 2.45) is 5.10 Å². The number of hydrazone groups is 1. The Morgan fingerprint density at radius 2 is 2.14 bits per heavy atom. The average Bonchev–Trinajstić information content (AvgIpc) is 3.31. The van der Waals surface area contributed by atoms with Crippen LogP contribution in [0.3, 0.4) is 0 Å². The molecule has 1 atom stereocenters. The van der Waals surface area contributed by atoms with Gasteiger partial charge in [0, 0.05) is 30.1 Å². The number of rotatable bonds is 8. The maximum atomic E-state index is 11.9. The van der Waals surface area contributed by atoms with Crippen molar-refractivity contribution in [3.63, 3.8) is 0 Å². The molecule has 1 aliphatic heterocycles. The number of hydrogen-bond acceptors (Lipinski definition) is 4. The first-order chi connectivity index (χ1) is 13.6. The van der Waals surface area contributed by atoms with Crippen LogP contribution in [0.15, 0.2) is 35.4 Å². The highest BCUT2D eigenvalue weighted by atomic mass is 16.5. The molecule has 0 unspecified atom stereocenters. The van der Waals surface area contributed by atoms with Gasteiger partial charge in [-0.2, -0.15) is 5.10 Å². The summed E-state index contributed by atoms with van der Waals surface area (Å²) in [7, 11) is 0. The topological polar surface area (TPSA) is 64.8 Å². The Morgan fingerprint density at radius 1 is 1.36 bits per heavy atom. The number of carbonyl (C=O) groups excluding carboxylic acids is 1. The average molecular weight is 383 g/mol. The molecule has 6 nitrogen and oxygen atoms in total. The van der Waals surface area contributed by atoms with Gasteiger partial charge < -0.3 is 14.0 Å². The highest BCUT2D eigenvalue weighted by Gasteiger charge is 2.18. The second-order valence-corrected chi connectivity index (χ2v) is 7.15. The second kappa shape index (κ2) is 9.55. The monoisotopic (exact) mass is 383 g/mol. The molecule has 1 aromatic carbocycles. The van der Waals surface area contributed by atoms with Gasteiger partial charge in [-0.15, -0.1) is 0 Å². The SMILES string of the molecule is CCc1ccc(OCC(=O)N/N=C\c2cc(C)n(C[C@@H]3CCCO3)c2C)cc1. The van der Waals surface area contributed by atoms with E-state index in [-0.39, 0.29) is 18.6 Å². The largest absolute Gasteiger partial charge is 0.484 e. The standard InChI is InChI=1S/C22H29N3O3/c1-4-18-7-9-20(10-8-18)28-15-22(26)24-23-13-19-12-16(2)25(17(19)3)14-21-6-5-11-27-21/h7-10,12-13,21H,4-6,11,14-15H2,1-3H3,(H,24,26)/b23-13-/t21-/m0/s1. The van der Waals surface area contributed by atoms with Crippen molar-refractivity contribution in [2.45, 2.75) is 52.7 Å². The number of ether oxygens (including phenoxy) is 2. The Hall–Kier alpha value is -2.60. The Morgan fingerprint density at radius 3 is 2.82 bits per heavy atom. The van der Waals surface area contributed by atoms with Crippen molar-refractivity contribution in [1.29, 1.82) is 0 Å². The minimum Gasteiger partial charge on any atom is -0.484 e. The van der Waals surface area contributed by atoms with Crippen LogP contribution in [0.25, 0.3) is 0 Å². The number of hydrogen-bond donors (Lipinski definition) is 1. The lowest BCUT2D eigenvalue weighted by molar-refractivity contribution is -0.123. The molecule has 3 rings (SSSR count). The van der Waals surface area contributed by atoms with E-state index in [9.17, 15) is 4.79 Å². The number of benzene rings is 1. The van der Waals surface area contributed by atoms with E-state index in [0.29, 0.717) is 5.75 Å². The fourth-order valence-electron chi connectivity index (χ4n) is 3.41. The molecule has 150 valence electrons. The van der Waals surface area contributed by atoms with Crippen LogP contribution in [0.5, 0.6) is 5.75 Å². The Labute approximate surface area is 166 Å². The zero-order valence-corrected chi connectivity index (χ0v) is 16.9. The number of nitrogens with one attached hydrogen (secondary N) is 1.